The second-order valence-corrected chi connectivity index (χ2v) is 9.47. The number of carbonyl (C=O) groups excluding carboxylic acids is 2. The van der Waals surface area contributed by atoms with Gasteiger partial charge in [-0.15, -0.1) is 0 Å². The fraction of sp³-hybridized carbons (Fsp3) is 0.500. The highest BCUT2D eigenvalue weighted by Gasteiger charge is 2.34. The van der Waals surface area contributed by atoms with Crippen molar-refractivity contribution >= 4 is 11.8 Å². The van der Waals surface area contributed by atoms with E-state index in [1.807, 2.05) is 29.2 Å². The first-order valence-electron chi connectivity index (χ1n) is 12.4. The highest BCUT2D eigenvalue weighted by molar-refractivity contribution is 5.84. The van der Waals surface area contributed by atoms with Crippen LogP contribution in [0.25, 0.3) is 0 Å². The zero-order valence-electron chi connectivity index (χ0n) is 19.7. The third-order valence-electron chi connectivity index (χ3n) is 7.29. The lowest BCUT2D eigenvalue weighted by atomic mass is 9.89. The Morgan fingerprint density at radius 1 is 0.939 bits per heavy atom. The second-order valence-electron chi connectivity index (χ2n) is 9.47. The van der Waals surface area contributed by atoms with Gasteiger partial charge in [-0.3, -0.25) is 9.59 Å². The van der Waals surface area contributed by atoms with E-state index in [2.05, 4.69) is 35.2 Å². The Labute approximate surface area is 197 Å². The van der Waals surface area contributed by atoms with Gasteiger partial charge in [0.2, 0.25) is 11.8 Å². The summed E-state index contributed by atoms with van der Waals surface area (Å²) in [6.07, 6.45) is 6.45. The predicted octanol–water partition coefficient (Wildman–Crippen LogP) is 4.35. The van der Waals surface area contributed by atoms with Gasteiger partial charge in [0.05, 0.1) is 13.0 Å². The molecule has 0 bridgehead atoms. The molecule has 2 heterocycles. The van der Waals surface area contributed by atoms with E-state index in [0.717, 1.165) is 44.5 Å². The number of aryl methyl sites for hydroxylation is 1. The molecule has 4 rings (SSSR count). The van der Waals surface area contributed by atoms with Crippen molar-refractivity contribution in [1.29, 1.82) is 0 Å². The minimum atomic E-state index is -0.0561. The Bertz CT molecular complexity index is 904. The molecule has 2 aliphatic rings. The highest BCUT2D eigenvalue weighted by Crippen LogP contribution is 2.26. The Balaban J connectivity index is 1.23. The van der Waals surface area contributed by atoms with E-state index in [9.17, 15) is 9.59 Å². The molecule has 5 nitrogen and oxygen atoms in total. The maximum absolute atomic E-state index is 13.2. The first-order valence-corrected chi connectivity index (χ1v) is 12.4. The average Bonchev–Trinajstić information content (AvgIpc) is 2.88. The average molecular weight is 449 g/mol. The molecule has 0 unspecified atom stereocenters. The fourth-order valence-corrected chi connectivity index (χ4v) is 5.10. The van der Waals surface area contributed by atoms with Crippen LogP contribution in [0.1, 0.15) is 43.2 Å². The van der Waals surface area contributed by atoms with Crippen LogP contribution in [0.15, 0.2) is 54.6 Å². The van der Waals surface area contributed by atoms with Gasteiger partial charge in [-0.25, -0.2) is 0 Å². The third kappa shape index (κ3) is 6.37. The van der Waals surface area contributed by atoms with E-state index in [4.69, 9.17) is 4.74 Å². The van der Waals surface area contributed by atoms with E-state index in [1.54, 1.807) is 7.11 Å². The first kappa shape index (κ1) is 23.3. The number of likely N-dealkylation sites (tertiary alicyclic amines) is 2. The Kier molecular flexibility index (Phi) is 8.03. The molecule has 0 aromatic heterocycles. The molecule has 176 valence electrons. The fourth-order valence-electron chi connectivity index (χ4n) is 5.10. The highest BCUT2D eigenvalue weighted by atomic mass is 16.5. The maximum atomic E-state index is 13.2. The van der Waals surface area contributed by atoms with Gasteiger partial charge in [0, 0.05) is 32.6 Å². The third-order valence-corrected chi connectivity index (χ3v) is 7.29. The number of amides is 2. The van der Waals surface area contributed by atoms with Crippen molar-refractivity contribution in [3.63, 3.8) is 0 Å². The SMILES string of the molecule is COc1ccc(CCN2C[C@@H](C(=O)N3CCC(CCc4ccccc4)CC3)CCC2=O)cc1. The normalized spacial score (nSPS) is 19.5. The number of piperidine rings is 2. The topological polar surface area (TPSA) is 49.9 Å². The summed E-state index contributed by atoms with van der Waals surface area (Å²) in [5.74, 6) is 1.90. The molecule has 2 saturated heterocycles. The van der Waals surface area contributed by atoms with Crippen LogP contribution in [-0.4, -0.2) is 54.9 Å². The lowest BCUT2D eigenvalue weighted by Gasteiger charge is -2.38. The summed E-state index contributed by atoms with van der Waals surface area (Å²) < 4.78 is 5.21. The standard InChI is InChI=1S/C28H36N2O3/c1-33-26-12-9-23(10-13-26)17-20-30-21-25(11-14-27(30)31)28(32)29-18-15-24(16-19-29)8-7-22-5-3-2-4-6-22/h2-6,9-10,12-13,24-25H,7-8,11,14-21H2,1H3/t25-/m0/s1. The number of rotatable bonds is 8. The number of hydrogen-bond acceptors (Lipinski definition) is 3. The summed E-state index contributed by atoms with van der Waals surface area (Å²) in [6.45, 7) is 2.93. The summed E-state index contributed by atoms with van der Waals surface area (Å²) >= 11 is 0. The molecule has 5 heteroatoms. The van der Waals surface area contributed by atoms with Crippen LogP contribution in [0, 0.1) is 11.8 Å². The lowest BCUT2D eigenvalue weighted by molar-refractivity contribution is -0.144. The molecule has 0 spiro atoms. The van der Waals surface area contributed by atoms with Crippen molar-refractivity contribution in [3.05, 3.63) is 65.7 Å². The Morgan fingerprint density at radius 2 is 1.64 bits per heavy atom. The second kappa shape index (κ2) is 11.4. The van der Waals surface area contributed by atoms with E-state index in [-0.39, 0.29) is 17.7 Å². The van der Waals surface area contributed by atoms with Crippen LogP contribution >= 0.6 is 0 Å². The van der Waals surface area contributed by atoms with Gasteiger partial charge < -0.3 is 14.5 Å². The van der Waals surface area contributed by atoms with E-state index < -0.39 is 0 Å². The van der Waals surface area contributed by atoms with Crippen molar-refractivity contribution < 1.29 is 14.3 Å². The Morgan fingerprint density at radius 3 is 2.33 bits per heavy atom. The van der Waals surface area contributed by atoms with Crippen molar-refractivity contribution in [2.24, 2.45) is 11.8 Å². The molecule has 2 aliphatic heterocycles. The molecule has 0 saturated carbocycles. The number of benzene rings is 2. The van der Waals surface area contributed by atoms with Gasteiger partial charge in [0.15, 0.2) is 0 Å². The summed E-state index contributed by atoms with van der Waals surface area (Å²) in [6, 6.07) is 18.6. The molecular formula is C28H36N2O3. The van der Waals surface area contributed by atoms with Gasteiger partial charge in [-0.1, -0.05) is 42.5 Å². The molecule has 0 N–H and O–H groups in total. The molecular weight excluding hydrogens is 412 g/mol. The first-order chi connectivity index (χ1) is 16.1. The summed E-state index contributed by atoms with van der Waals surface area (Å²) in [5, 5.41) is 0. The zero-order chi connectivity index (χ0) is 23.0. The minimum absolute atomic E-state index is 0.0561. The number of carbonyl (C=O) groups is 2. The molecule has 2 amide bonds. The summed E-state index contributed by atoms with van der Waals surface area (Å²) in [5.41, 5.74) is 2.58. The van der Waals surface area contributed by atoms with Crippen LogP contribution in [0.3, 0.4) is 0 Å². The maximum Gasteiger partial charge on any atom is 0.227 e. The number of methoxy groups -OCH3 is 1. The van der Waals surface area contributed by atoms with Crippen LogP contribution in [0.5, 0.6) is 5.75 Å². The molecule has 0 radical (unpaired) electrons. The number of hydrogen-bond donors (Lipinski definition) is 0. The molecule has 2 aromatic rings. The van der Waals surface area contributed by atoms with Gasteiger partial charge in [0.1, 0.15) is 5.75 Å². The summed E-state index contributed by atoms with van der Waals surface area (Å²) in [7, 11) is 1.66. The van der Waals surface area contributed by atoms with Crippen molar-refractivity contribution in [3.8, 4) is 5.75 Å². The zero-order valence-corrected chi connectivity index (χ0v) is 19.7. The van der Waals surface area contributed by atoms with Crippen LogP contribution in [0.4, 0.5) is 0 Å². The van der Waals surface area contributed by atoms with Gasteiger partial charge in [0.25, 0.3) is 0 Å². The smallest absolute Gasteiger partial charge is 0.227 e. The summed E-state index contributed by atoms with van der Waals surface area (Å²) in [4.78, 5) is 29.6. The van der Waals surface area contributed by atoms with E-state index >= 15 is 0 Å². The quantitative estimate of drug-likeness (QED) is 0.603. The van der Waals surface area contributed by atoms with E-state index in [1.165, 1.54) is 17.5 Å². The van der Waals surface area contributed by atoms with Crippen molar-refractivity contribution in [2.45, 2.75) is 44.9 Å². The largest absolute Gasteiger partial charge is 0.497 e. The number of ether oxygens (including phenoxy) is 1. The minimum Gasteiger partial charge on any atom is -0.497 e. The van der Waals surface area contributed by atoms with Gasteiger partial charge in [-0.2, -0.15) is 0 Å². The van der Waals surface area contributed by atoms with Crippen LogP contribution in [-0.2, 0) is 22.4 Å². The van der Waals surface area contributed by atoms with Gasteiger partial charge >= 0.3 is 0 Å². The van der Waals surface area contributed by atoms with Crippen LogP contribution < -0.4 is 4.74 Å². The van der Waals surface area contributed by atoms with E-state index in [0.29, 0.717) is 31.8 Å². The predicted molar refractivity (Wildman–Crippen MR) is 130 cm³/mol. The van der Waals surface area contributed by atoms with Crippen molar-refractivity contribution in [2.75, 3.05) is 33.3 Å². The molecule has 1 atom stereocenters. The lowest BCUT2D eigenvalue weighted by Crippen LogP contribution is -2.49. The van der Waals surface area contributed by atoms with Crippen LogP contribution in [0.2, 0.25) is 0 Å². The molecule has 0 aliphatic carbocycles. The monoisotopic (exact) mass is 448 g/mol. The van der Waals surface area contributed by atoms with Crippen molar-refractivity contribution in [1.82, 2.24) is 9.80 Å². The molecule has 33 heavy (non-hydrogen) atoms. The molecule has 2 fully saturated rings. The van der Waals surface area contributed by atoms with Gasteiger partial charge in [-0.05, 0) is 67.7 Å². The molecule has 2 aromatic carbocycles. The number of nitrogens with zero attached hydrogens (tertiary/aromatic N) is 2. The Hall–Kier alpha value is -2.82.